The lowest BCUT2D eigenvalue weighted by molar-refractivity contribution is 0.282. The molecule has 0 saturated heterocycles. The van der Waals surface area contributed by atoms with Crippen molar-refractivity contribution in [3.8, 4) is 0 Å². The first-order valence-corrected chi connectivity index (χ1v) is 12.8. The van der Waals surface area contributed by atoms with Gasteiger partial charge in [-0.15, -0.1) is 0 Å². The molecule has 0 spiro atoms. The van der Waals surface area contributed by atoms with E-state index < -0.39 is 8.03 Å². The van der Waals surface area contributed by atoms with Gasteiger partial charge in [-0.2, -0.15) is 0 Å². The van der Waals surface area contributed by atoms with Gasteiger partial charge in [0, 0.05) is 6.16 Å². The summed E-state index contributed by atoms with van der Waals surface area (Å²) in [6.07, 6.45) is 22.9. The van der Waals surface area contributed by atoms with Crippen molar-refractivity contribution in [2.24, 2.45) is 5.92 Å². The van der Waals surface area contributed by atoms with Crippen molar-refractivity contribution >= 4 is 8.03 Å². The SMILES string of the molecule is CCCCCCCCCCCCCCCCCC[PH](=O)OCC(C)C. The summed E-state index contributed by atoms with van der Waals surface area (Å²) in [6.45, 7) is 7.14. The second kappa shape index (κ2) is 20.5. The van der Waals surface area contributed by atoms with Gasteiger partial charge in [-0.05, 0) is 12.3 Å². The van der Waals surface area contributed by atoms with E-state index in [0.717, 1.165) is 12.6 Å². The number of rotatable bonds is 20. The van der Waals surface area contributed by atoms with Crippen molar-refractivity contribution in [3.63, 3.8) is 0 Å². The molecule has 0 aromatic rings. The van der Waals surface area contributed by atoms with Crippen LogP contribution in [0.15, 0.2) is 0 Å². The average Bonchev–Trinajstić information content (AvgIpc) is 2.59. The summed E-state index contributed by atoms with van der Waals surface area (Å²) in [6, 6.07) is 0. The molecule has 0 bridgehead atoms. The summed E-state index contributed by atoms with van der Waals surface area (Å²) in [5.74, 6) is 0.486. The molecule has 0 saturated carbocycles. The molecule has 0 amide bonds. The van der Waals surface area contributed by atoms with Crippen LogP contribution in [0.1, 0.15) is 124 Å². The van der Waals surface area contributed by atoms with Gasteiger partial charge in [0.1, 0.15) is 0 Å². The third-order valence-electron chi connectivity index (χ3n) is 4.81. The summed E-state index contributed by atoms with van der Waals surface area (Å²) in [4.78, 5) is 0. The van der Waals surface area contributed by atoms with Crippen molar-refractivity contribution in [3.05, 3.63) is 0 Å². The van der Waals surface area contributed by atoms with Crippen LogP contribution in [-0.4, -0.2) is 12.8 Å². The third kappa shape index (κ3) is 22.1. The highest BCUT2D eigenvalue weighted by molar-refractivity contribution is 7.39. The van der Waals surface area contributed by atoms with E-state index in [9.17, 15) is 4.57 Å². The van der Waals surface area contributed by atoms with E-state index in [1.165, 1.54) is 96.3 Å². The minimum absolute atomic E-state index is 0.486. The second-order valence-corrected chi connectivity index (χ2v) is 9.66. The lowest BCUT2D eigenvalue weighted by atomic mass is 10.0. The molecular formula is C22H47O2P. The van der Waals surface area contributed by atoms with E-state index in [4.69, 9.17) is 4.52 Å². The Balaban J connectivity index is 3.08. The molecule has 152 valence electrons. The van der Waals surface area contributed by atoms with Gasteiger partial charge in [-0.3, -0.25) is 4.57 Å². The summed E-state index contributed by atoms with van der Waals surface area (Å²) < 4.78 is 17.0. The molecule has 0 aromatic heterocycles. The predicted molar refractivity (Wildman–Crippen MR) is 114 cm³/mol. The van der Waals surface area contributed by atoms with E-state index >= 15 is 0 Å². The zero-order valence-corrected chi connectivity index (χ0v) is 18.6. The molecule has 25 heavy (non-hydrogen) atoms. The van der Waals surface area contributed by atoms with Crippen LogP contribution in [0.3, 0.4) is 0 Å². The van der Waals surface area contributed by atoms with Gasteiger partial charge in [0.05, 0.1) is 6.61 Å². The van der Waals surface area contributed by atoms with E-state index in [-0.39, 0.29) is 0 Å². The van der Waals surface area contributed by atoms with Crippen molar-refractivity contribution < 1.29 is 9.09 Å². The molecule has 1 atom stereocenters. The fraction of sp³-hybridized carbons (Fsp3) is 1.00. The molecule has 0 aliphatic carbocycles. The van der Waals surface area contributed by atoms with Crippen molar-refractivity contribution in [2.75, 3.05) is 12.8 Å². The first-order chi connectivity index (χ1) is 12.2. The van der Waals surface area contributed by atoms with Gasteiger partial charge < -0.3 is 4.52 Å². The minimum atomic E-state index is -1.75. The normalized spacial score (nSPS) is 12.8. The number of hydrogen-bond donors (Lipinski definition) is 0. The van der Waals surface area contributed by atoms with Crippen LogP contribution in [-0.2, 0) is 9.09 Å². The monoisotopic (exact) mass is 374 g/mol. The van der Waals surface area contributed by atoms with Gasteiger partial charge >= 0.3 is 0 Å². The average molecular weight is 375 g/mol. The zero-order valence-electron chi connectivity index (χ0n) is 17.6. The molecule has 0 N–H and O–H groups in total. The maximum Gasteiger partial charge on any atom is 0.191 e. The third-order valence-corrected chi connectivity index (χ3v) is 6.06. The Bertz CT molecular complexity index is 279. The topological polar surface area (TPSA) is 26.3 Å². The molecule has 0 aliphatic heterocycles. The molecule has 0 aromatic carbocycles. The van der Waals surface area contributed by atoms with Crippen molar-refractivity contribution in [1.82, 2.24) is 0 Å². The Morgan fingerprint density at radius 2 is 1.00 bits per heavy atom. The Labute approximate surface area is 159 Å². The van der Waals surface area contributed by atoms with Gasteiger partial charge in [0.25, 0.3) is 0 Å². The first-order valence-electron chi connectivity index (χ1n) is 11.3. The highest BCUT2D eigenvalue weighted by Crippen LogP contribution is 2.25. The van der Waals surface area contributed by atoms with Gasteiger partial charge in [-0.1, -0.05) is 117 Å². The minimum Gasteiger partial charge on any atom is -0.330 e. The van der Waals surface area contributed by atoms with Gasteiger partial charge in [0.2, 0.25) is 0 Å². The van der Waals surface area contributed by atoms with Crippen molar-refractivity contribution in [1.29, 1.82) is 0 Å². The van der Waals surface area contributed by atoms with Crippen LogP contribution in [0.2, 0.25) is 0 Å². The quantitative estimate of drug-likeness (QED) is 0.158. The van der Waals surface area contributed by atoms with E-state index in [1.54, 1.807) is 0 Å². The largest absolute Gasteiger partial charge is 0.330 e. The number of unbranched alkanes of at least 4 members (excludes halogenated alkanes) is 15. The predicted octanol–water partition coefficient (Wildman–Crippen LogP) is 8.40. The van der Waals surface area contributed by atoms with Gasteiger partial charge in [-0.25, -0.2) is 0 Å². The van der Waals surface area contributed by atoms with Crippen LogP contribution in [0.5, 0.6) is 0 Å². The molecular weight excluding hydrogens is 327 g/mol. The second-order valence-electron chi connectivity index (χ2n) is 8.13. The van der Waals surface area contributed by atoms with Crippen LogP contribution in [0, 0.1) is 5.92 Å². The van der Waals surface area contributed by atoms with Crippen LogP contribution < -0.4 is 0 Å². The van der Waals surface area contributed by atoms with Gasteiger partial charge in [0.15, 0.2) is 8.03 Å². The van der Waals surface area contributed by atoms with E-state index in [0.29, 0.717) is 12.5 Å². The smallest absolute Gasteiger partial charge is 0.191 e. The maximum atomic E-state index is 11.7. The molecule has 1 unspecified atom stereocenters. The van der Waals surface area contributed by atoms with Crippen LogP contribution in [0.25, 0.3) is 0 Å². The molecule has 3 heteroatoms. The maximum absolute atomic E-state index is 11.7. The highest BCUT2D eigenvalue weighted by Gasteiger charge is 2.01. The fourth-order valence-electron chi connectivity index (χ4n) is 3.15. The summed E-state index contributed by atoms with van der Waals surface area (Å²) in [7, 11) is -1.75. The Morgan fingerprint density at radius 3 is 1.36 bits per heavy atom. The van der Waals surface area contributed by atoms with Crippen molar-refractivity contribution in [2.45, 2.75) is 124 Å². The Kier molecular flexibility index (Phi) is 20.7. The zero-order chi connectivity index (χ0) is 18.6. The molecule has 0 radical (unpaired) electrons. The van der Waals surface area contributed by atoms with E-state index in [2.05, 4.69) is 20.8 Å². The summed E-state index contributed by atoms with van der Waals surface area (Å²) in [5, 5.41) is 0. The lowest BCUT2D eigenvalue weighted by Crippen LogP contribution is -1.97. The lowest BCUT2D eigenvalue weighted by Gasteiger charge is -2.06. The molecule has 0 fully saturated rings. The molecule has 0 heterocycles. The fourth-order valence-corrected chi connectivity index (χ4v) is 4.35. The van der Waals surface area contributed by atoms with Crippen LogP contribution >= 0.6 is 8.03 Å². The number of hydrogen-bond acceptors (Lipinski definition) is 2. The molecule has 0 aliphatic rings. The summed E-state index contributed by atoms with van der Waals surface area (Å²) in [5.41, 5.74) is 0. The Hall–Kier alpha value is 0.190. The van der Waals surface area contributed by atoms with E-state index in [1.807, 2.05) is 0 Å². The van der Waals surface area contributed by atoms with Crippen LogP contribution in [0.4, 0.5) is 0 Å². The standard InChI is InChI=1S/C22H47O2P/c1-4-5-6-7-8-9-10-11-12-13-14-15-16-17-18-19-20-25(23)24-21-22(2)3/h22,25H,4-21H2,1-3H3. The summed E-state index contributed by atoms with van der Waals surface area (Å²) >= 11 is 0. The first kappa shape index (κ1) is 25.2. The highest BCUT2D eigenvalue weighted by atomic mass is 31.1. The molecule has 0 rings (SSSR count). The molecule has 2 nitrogen and oxygen atoms in total. The Morgan fingerprint density at radius 1 is 0.640 bits per heavy atom.